The molecule has 1 amide bonds. The highest BCUT2D eigenvalue weighted by Crippen LogP contribution is 2.21. The Labute approximate surface area is 148 Å². The third-order valence-electron chi connectivity index (χ3n) is 4.79. The molecule has 25 heavy (non-hydrogen) atoms. The molecule has 0 radical (unpaired) electrons. The fourth-order valence-corrected chi connectivity index (χ4v) is 3.31. The second-order valence-electron chi connectivity index (χ2n) is 6.87. The topological polar surface area (TPSA) is 59.1 Å². The van der Waals surface area contributed by atoms with Gasteiger partial charge in [0.15, 0.2) is 11.9 Å². The number of Topliss-reactive ketones (excluding diaryl/α,β-unsaturated/α-hetero) is 1. The van der Waals surface area contributed by atoms with Crippen molar-refractivity contribution < 1.29 is 19.1 Å². The maximum Gasteiger partial charge on any atom is 0.263 e. The van der Waals surface area contributed by atoms with Crippen molar-refractivity contribution in [2.75, 3.05) is 45.9 Å². The smallest absolute Gasteiger partial charge is 0.263 e. The van der Waals surface area contributed by atoms with E-state index in [0.717, 1.165) is 45.9 Å². The molecule has 0 spiro atoms. The molecule has 2 aliphatic rings. The summed E-state index contributed by atoms with van der Waals surface area (Å²) in [6.07, 6.45) is -0.549. The van der Waals surface area contributed by atoms with E-state index in [1.165, 1.54) is 6.92 Å². The number of nitrogens with zero attached hydrogens (tertiary/aromatic N) is 2. The molecule has 2 fully saturated rings. The molecule has 136 valence electrons. The lowest BCUT2D eigenvalue weighted by Gasteiger charge is -2.43. The maximum absolute atomic E-state index is 12.5. The Morgan fingerprint density at radius 2 is 2.00 bits per heavy atom. The van der Waals surface area contributed by atoms with Crippen LogP contribution in [0.25, 0.3) is 0 Å². The Morgan fingerprint density at radius 1 is 1.28 bits per heavy atom. The van der Waals surface area contributed by atoms with Crippen LogP contribution in [0.4, 0.5) is 0 Å². The number of rotatable bonds is 6. The lowest BCUT2D eigenvalue weighted by atomic mass is 9.98. The van der Waals surface area contributed by atoms with E-state index in [4.69, 9.17) is 9.47 Å². The predicted molar refractivity (Wildman–Crippen MR) is 93.9 cm³/mol. The maximum atomic E-state index is 12.5. The first-order chi connectivity index (χ1) is 12.0. The van der Waals surface area contributed by atoms with E-state index in [-0.39, 0.29) is 11.7 Å². The normalized spacial score (nSPS) is 20.0. The highest BCUT2D eigenvalue weighted by atomic mass is 16.5. The first-order valence-corrected chi connectivity index (χ1v) is 8.89. The summed E-state index contributed by atoms with van der Waals surface area (Å²) >= 11 is 0. The van der Waals surface area contributed by atoms with E-state index in [9.17, 15) is 9.59 Å². The summed E-state index contributed by atoms with van der Waals surface area (Å²) < 4.78 is 11.1. The molecule has 0 N–H and O–H groups in total. The molecule has 1 atom stereocenters. The minimum atomic E-state index is -0.549. The highest BCUT2D eigenvalue weighted by molar-refractivity contribution is 5.94. The summed E-state index contributed by atoms with van der Waals surface area (Å²) in [6, 6.07) is 6.97. The van der Waals surface area contributed by atoms with Crippen molar-refractivity contribution in [1.29, 1.82) is 0 Å². The van der Waals surface area contributed by atoms with Crippen LogP contribution in [0.2, 0.25) is 0 Å². The fraction of sp³-hybridized carbons (Fsp3) is 0.579. The van der Waals surface area contributed by atoms with Gasteiger partial charge in [0.1, 0.15) is 5.75 Å². The van der Waals surface area contributed by atoms with Crippen molar-refractivity contribution in [3.63, 3.8) is 0 Å². The quantitative estimate of drug-likeness (QED) is 0.730. The Morgan fingerprint density at radius 3 is 2.68 bits per heavy atom. The number of carbonyl (C=O) groups is 2. The van der Waals surface area contributed by atoms with Gasteiger partial charge >= 0.3 is 0 Å². The average molecular weight is 346 g/mol. The van der Waals surface area contributed by atoms with Crippen LogP contribution in [0.3, 0.4) is 0 Å². The second-order valence-corrected chi connectivity index (χ2v) is 6.87. The fourth-order valence-electron chi connectivity index (χ4n) is 3.31. The van der Waals surface area contributed by atoms with E-state index in [2.05, 4.69) is 4.90 Å². The number of carbonyl (C=O) groups excluding carboxylic acids is 2. The molecule has 3 rings (SSSR count). The zero-order valence-electron chi connectivity index (χ0n) is 14.9. The van der Waals surface area contributed by atoms with Gasteiger partial charge in [-0.25, -0.2) is 0 Å². The number of morpholine rings is 1. The van der Waals surface area contributed by atoms with Crippen molar-refractivity contribution in [3.05, 3.63) is 29.8 Å². The molecule has 0 aromatic heterocycles. The van der Waals surface area contributed by atoms with Crippen LogP contribution in [0.1, 0.15) is 24.2 Å². The van der Waals surface area contributed by atoms with Gasteiger partial charge in [-0.05, 0) is 26.0 Å². The molecular formula is C19H26N2O4. The SMILES string of the molecule is CC(=O)c1cccc(O[C@@H](C)C(=O)N2CC(CN3CCOCC3)C2)c1. The Kier molecular flexibility index (Phi) is 5.71. The summed E-state index contributed by atoms with van der Waals surface area (Å²) in [5, 5.41) is 0. The van der Waals surface area contributed by atoms with Crippen LogP contribution in [0, 0.1) is 5.92 Å². The molecular weight excluding hydrogens is 320 g/mol. The summed E-state index contributed by atoms with van der Waals surface area (Å²) in [7, 11) is 0. The van der Waals surface area contributed by atoms with E-state index in [1.807, 2.05) is 4.90 Å². The van der Waals surface area contributed by atoms with Crippen molar-refractivity contribution in [3.8, 4) is 5.75 Å². The lowest BCUT2D eigenvalue weighted by Crippen LogP contribution is -2.57. The summed E-state index contributed by atoms with van der Waals surface area (Å²) in [5.41, 5.74) is 0.590. The van der Waals surface area contributed by atoms with Gasteiger partial charge in [0.05, 0.1) is 13.2 Å². The van der Waals surface area contributed by atoms with Crippen LogP contribution in [0.5, 0.6) is 5.75 Å². The summed E-state index contributed by atoms with van der Waals surface area (Å²) in [5.74, 6) is 1.08. The second kappa shape index (κ2) is 7.97. The largest absolute Gasteiger partial charge is 0.481 e. The van der Waals surface area contributed by atoms with Gasteiger partial charge in [-0.3, -0.25) is 14.5 Å². The molecule has 0 saturated carbocycles. The van der Waals surface area contributed by atoms with Gasteiger partial charge in [-0.2, -0.15) is 0 Å². The molecule has 0 unspecified atom stereocenters. The molecule has 0 aliphatic carbocycles. The van der Waals surface area contributed by atoms with Crippen LogP contribution < -0.4 is 4.74 Å². The van der Waals surface area contributed by atoms with Crippen molar-refractivity contribution in [2.45, 2.75) is 20.0 Å². The average Bonchev–Trinajstić information content (AvgIpc) is 2.58. The van der Waals surface area contributed by atoms with Crippen LogP contribution in [-0.4, -0.2) is 73.5 Å². The van der Waals surface area contributed by atoms with Crippen molar-refractivity contribution in [2.24, 2.45) is 5.92 Å². The highest BCUT2D eigenvalue weighted by Gasteiger charge is 2.34. The summed E-state index contributed by atoms with van der Waals surface area (Å²) in [6.45, 7) is 9.46. The van der Waals surface area contributed by atoms with Gasteiger partial charge in [0.2, 0.25) is 0 Å². The zero-order valence-corrected chi connectivity index (χ0v) is 14.9. The van der Waals surface area contributed by atoms with E-state index >= 15 is 0 Å². The van der Waals surface area contributed by atoms with Crippen molar-refractivity contribution in [1.82, 2.24) is 9.80 Å². The van der Waals surface area contributed by atoms with Crippen LogP contribution in [-0.2, 0) is 9.53 Å². The third-order valence-corrected chi connectivity index (χ3v) is 4.79. The first-order valence-electron chi connectivity index (χ1n) is 8.89. The Balaban J connectivity index is 1.45. The molecule has 1 aromatic rings. The number of ether oxygens (including phenoxy) is 2. The third kappa shape index (κ3) is 4.58. The van der Waals surface area contributed by atoms with Gasteiger partial charge in [-0.15, -0.1) is 0 Å². The number of benzene rings is 1. The number of ketones is 1. The monoisotopic (exact) mass is 346 g/mol. The van der Waals surface area contributed by atoms with Gasteiger partial charge in [-0.1, -0.05) is 12.1 Å². The number of likely N-dealkylation sites (tertiary alicyclic amines) is 1. The molecule has 1 aromatic carbocycles. The van der Waals surface area contributed by atoms with E-state index in [0.29, 0.717) is 17.2 Å². The predicted octanol–water partition coefficient (Wildman–Crippen LogP) is 1.45. The van der Waals surface area contributed by atoms with E-state index < -0.39 is 6.10 Å². The minimum Gasteiger partial charge on any atom is -0.481 e. The van der Waals surface area contributed by atoms with Gasteiger partial charge < -0.3 is 14.4 Å². The van der Waals surface area contributed by atoms with Crippen LogP contribution >= 0.6 is 0 Å². The van der Waals surface area contributed by atoms with Gasteiger partial charge in [0, 0.05) is 44.2 Å². The molecule has 2 saturated heterocycles. The van der Waals surface area contributed by atoms with Crippen LogP contribution in [0.15, 0.2) is 24.3 Å². The zero-order chi connectivity index (χ0) is 17.8. The Hall–Kier alpha value is -1.92. The standard InChI is InChI=1S/C19H26N2O4/c1-14(22)17-4-3-5-18(10-17)25-15(2)19(23)21-12-16(13-21)11-20-6-8-24-9-7-20/h3-5,10,15-16H,6-9,11-13H2,1-2H3/t15-/m0/s1. The summed E-state index contributed by atoms with van der Waals surface area (Å²) in [4.78, 5) is 28.2. The molecule has 0 bridgehead atoms. The number of hydrogen-bond acceptors (Lipinski definition) is 5. The first kappa shape index (κ1) is 17.9. The minimum absolute atomic E-state index is 0.00598. The molecule has 2 aliphatic heterocycles. The molecule has 6 heteroatoms. The number of amides is 1. The van der Waals surface area contributed by atoms with Gasteiger partial charge in [0.25, 0.3) is 5.91 Å². The van der Waals surface area contributed by atoms with E-state index in [1.54, 1.807) is 31.2 Å². The Bertz CT molecular complexity index is 622. The molecule has 6 nitrogen and oxygen atoms in total. The molecule has 2 heterocycles. The number of hydrogen-bond donors (Lipinski definition) is 0. The lowest BCUT2D eigenvalue weighted by molar-refractivity contribution is -0.145. The van der Waals surface area contributed by atoms with Crippen molar-refractivity contribution >= 4 is 11.7 Å².